The molecule has 1 fully saturated rings. The van der Waals surface area contributed by atoms with E-state index in [-0.39, 0.29) is 5.70 Å². The fourth-order valence-electron chi connectivity index (χ4n) is 2.07. The van der Waals surface area contributed by atoms with E-state index in [1.54, 1.807) is 18.2 Å². The highest BCUT2D eigenvalue weighted by molar-refractivity contribution is 6.15. The van der Waals surface area contributed by atoms with Gasteiger partial charge in [-0.1, -0.05) is 6.07 Å². The molecule has 0 aromatic heterocycles. The third kappa shape index (κ3) is 3.60. The molecule has 23 heavy (non-hydrogen) atoms. The Balaban J connectivity index is 2.28. The molecule has 0 saturated carbocycles. The topological polar surface area (TPSA) is 105 Å². The first-order valence-corrected chi connectivity index (χ1v) is 6.83. The van der Waals surface area contributed by atoms with Gasteiger partial charge in [0.05, 0.1) is 13.7 Å². The zero-order chi connectivity index (χ0) is 17.0. The average molecular weight is 320 g/mol. The van der Waals surface area contributed by atoms with Crippen LogP contribution in [0.25, 0.3) is 6.08 Å². The van der Waals surface area contributed by atoms with Crippen molar-refractivity contribution in [3.05, 3.63) is 29.5 Å². The minimum atomic E-state index is -1.27. The lowest BCUT2D eigenvalue weighted by atomic mass is 10.1. The van der Waals surface area contributed by atoms with E-state index < -0.39 is 24.5 Å². The summed E-state index contributed by atoms with van der Waals surface area (Å²) >= 11 is 0. The van der Waals surface area contributed by atoms with Crippen LogP contribution in [0.2, 0.25) is 0 Å². The van der Waals surface area contributed by atoms with Gasteiger partial charge in [0.25, 0.3) is 5.91 Å². The summed E-state index contributed by atoms with van der Waals surface area (Å²) in [5.41, 5.74) is 0.610. The standard InChI is InChI=1S/C15H16N2O6/c1-3-23-12-7-9(4-5-11(12)22-2)6-10-14(20)17(8-13(18)19)15(21)16-10/h4-7H,3,8H2,1-2H3,(H,16,21)(H,18,19)/b10-6+. The quantitative estimate of drug-likeness (QED) is 0.600. The fraction of sp³-hybridized carbons (Fsp3) is 0.267. The van der Waals surface area contributed by atoms with E-state index in [1.807, 2.05) is 6.92 Å². The fourth-order valence-corrected chi connectivity index (χ4v) is 2.07. The molecule has 0 radical (unpaired) electrons. The number of carboxylic acids is 1. The molecular weight excluding hydrogens is 304 g/mol. The predicted octanol–water partition coefficient (Wildman–Crippen LogP) is 1.07. The van der Waals surface area contributed by atoms with Crippen LogP contribution in [0.15, 0.2) is 23.9 Å². The number of nitrogens with zero attached hydrogens (tertiary/aromatic N) is 1. The number of aliphatic carboxylic acids is 1. The van der Waals surface area contributed by atoms with Gasteiger partial charge in [0.2, 0.25) is 0 Å². The molecule has 8 heteroatoms. The number of carbonyl (C=O) groups is 3. The van der Waals surface area contributed by atoms with Crippen LogP contribution in [0.1, 0.15) is 12.5 Å². The van der Waals surface area contributed by atoms with E-state index in [0.29, 0.717) is 28.6 Å². The number of imide groups is 1. The van der Waals surface area contributed by atoms with E-state index in [0.717, 1.165) is 0 Å². The Labute approximate surface area is 132 Å². The summed E-state index contributed by atoms with van der Waals surface area (Å²) in [7, 11) is 1.51. The van der Waals surface area contributed by atoms with Crippen molar-refractivity contribution in [3.8, 4) is 11.5 Å². The monoisotopic (exact) mass is 320 g/mol. The van der Waals surface area contributed by atoms with Crippen molar-refractivity contribution in [1.82, 2.24) is 10.2 Å². The van der Waals surface area contributed by atoms with Gasteiger partial charge in [0.15, 0.2) is 11.5 Å². The molecule has 1 aromatic rings. The summed E-state index contributed by atoms with van der Waals surface area (Å²) < 4.78 is 10.6. The molecule has 0 spiro atoms. The largest absolute Gasteiger partial charge is 0.493 e. The van der Waals surface area contributed by atoms with E-state index in [2.05, 4.69) is 5.32 Å². The van der Waals surface area contributed by atoms with Gasteiger partial charge >= 0.3 is 12.0 Å². The second kappa shape index (κ2) is 6.82. The molecular formula is C15H16N2O6. The molecule has 1 heterocycles. The first-order valence-electron chi connectivity index (χ1n) is 6.83. The van der Waals surface area contributed by atoms with Crippen molar-refractivity contribution in [2.24, 2.45) is 0 Å². The molecule has 0 aliphatic carbocycles. The second-order valence-corrected chi connectivity index (χ2v) is 4.62. The molecule has 2 rings (SSSR count). The number of hydrogen-bond acceptors (Lipinski definition) is 5. The lowest BCUT2D eigenvalue weighted by Crippen LogP contribution is -2.35. The predicted molar refractivity (Wildman–Crippen MR) is 80.0 cm³/mol. The SMILES string of the molecule is CCOc1cc(/C=C2/NC(=O)N(CC(=O)O)C2=O)ccc1OC. The minimum Gasteiger partial charge on any atom is -0.493 e. The molecule has 8 nitrogen and oxygen atoms in total. The van der Waals surface area contributed by atoms with E-state index in [1.165, 1.54) is 13.2 Å². The maximum Gasteiger partial charge on any atom is 0.329 e. The number of rotatable bonds is 6. The number of carboxylic acid groups (broad SMARTS) is 1. The van der Waals surface area contributed by atoms with Gasteiger partial charge in [-0.05, 0) is 30.7 Å². The molecule has 1 aromatic carbocycles. The Kier molecular flexibility index (Phi) is 4.85. The van der Waals surface area contributed by atoms with E-state index in [4.69, 9.17) is 14.6 Å². The van der Waals surface area contributed by atoms with Crippen molar-refractivity contribution < 1.29 is 29.0 Å². The Hall–Kier alpha value is -3.03. The first-order chi connectivity index (χ1) is 11.0. The van der Waals surface area contributed by atoms with Gasteiger partial charge in [-0.2, -0.15) is 0 Å². The lowest BCUT2D eigenvalue weighted by Gasteiger charge is -2.10. The number of nitrogens with one attached hydrogen (secondary N) is 1. The van der Waals surface area contributed by atoms with Crippen LogP contribution in [0.3, 0.4) is 0 Å². The smallest absolute Gasteiger partial charge is 0.329 e. The van der Waals surface area contributed by atoms with Crippen molar-refractivity contribution in [3.63, 3.8) is 0 Å². The molecule has 0 bridgehead atoms. The first kappa shape index (κ1) is 16.3. The van der Waals surface area contributed by atoms with Crippen molar-refractivity contribution in [1.29, 1.82) is 0 Å². The summed E-state index contributed by atoms with van der Waals surface area (Å²) in [6.45, 7) is 1.59. The van der Waals surface area contributed by atoms with Crippen LogP contribution in [0.4, 0.5) is 4.79 Å². The number of hydrogen-bond donors (Lipinski definition) is 2. The molecule has 1 saturated heterocycles. The number of benzene rings is 1. The lowest BCUT2D eigenvalue weighted by molar-refractivity contribution is -0.140. The highest BCUT2D eigenvalue weighted by Crippen LogP contribution is 2.29. The summed E-state index contributed by atoms with van der Waals surface area (Å²) in [6, 6.07) is 4.26. The number of amides is 3. The molecule has 122 valence electrons. The molecule has 3 amide bonds. The number of carbonyl (C=O) groups excluding carboxylic acids is 2. The summed E-state index contributed by atoms with van der Waals surface area (Å²) in [4.78, 5) is 35.0. The Morgan fingerprint density at radius 2 is 2.09 bits per heavy atom. The average Bonchev–Trinajstić information content (AvgIpc) is 2.75. The molecule has 1 aliphatic rings. The maximum atomic E-state index is 12.0. The maximum absolute atomic E-state index is 12.0. The zero-order valence-corrected chi connectivity index (χ0v) is 12.7. The highest BCUT2D eigenvalue weighted by Gasteiger charge is 2.34. The van der Waals surface area contributed by atoms with Crippen molar-refractivity contribution in [2.45, 2.75) is 6.92 Å². The number of ether oxygens (including phenoxy) is 2. The third-order valence-electron chi connectivity index (χ3n) is 3.05. The van der Waals surface area contributed by atoms with Crippen LogP contribution in [0.5, 0.6) is 11.5 Å². The van der Waals surface area contributed by atoms with E-state index >= 15 is 0 Å². The molecule has 0 unspecified atom stereocenters. The van der Waals surface area contributed by atoms with Gasteiger partial charge in [-0.3, -0.25) is 9.59 Å². The van der Waals surface area contributed by atoms with Crippen molar-refractivity contribution >= 4 is 24.0 Å². The van der Waals surface area contributed by atoms with Gasteiger partial charge in [0, 0.05) is 0 Å². The van der Waals surface area contributed by atoms with Gasteiger partial charge < -0.3 is 19.9 Å². The van der Waals surface area contributed by atoms with Crippen LogP contribution >= 0.6 is 0 Å². The highest BCUT2D eigenvalue weighted by atomic mass is 16.5. The molecule has 0 atom stereocenters. The Morgan fingerprint density at radius 3 is 2.70 bits per heavy atom. The minimum absolute atomic E-state index is 0.00358. The summed E-state index contributed by atoms with van der Waals surface area (Å²) in [5.74, 6) is -0.907. The van der Waals surface area contributed by atoms with Crippen LogP contribution in [0, 0.1) is 0 Å². The van der Waals surface area contributed by atoms with Gasteiger partial charge in [-0.15, -0.1) is 0 Å². The van der Waals surface area contributed by atoms with Gasteiger partial charge in [-0.25, -0.2) is 9.69 Å². The number of methoxy groups -OCH3 is 1. The second-order valence-electron chi connectivity index (χ2n) is 4.62. The zero-order valence-electron chi connectivity index (χ0n) is 12.7. The van der Waals surface area contributed by atoms with Crippen LogP contribution in [-0.4, -0.2) is 48.2 Å². The molecule has 1 aliphatic heterocycles. The number of urea groups is 1. The Bertz CT molecular complexity index is 683. The molecule has 2 N–H and O–H groups in total. The normalized spacial score (nSPS) is 15.7. The third-order valence-corrected chi connectivity index (χ3v) is 3.05. The van der Waals surface area contributed by atoms with Crippen LogP contribution < -0.4 is 14.8 Å². The van der Waals surface area contributed by atoms with Gasteiger partial charge in [0.1, 0.15) is 12.2 Å². The van der Waals surface area contributed by atoms with Crippen molar-refractivity contribution in [2.75, 3.05) is 20.3 Å². The summed E-state index contributed by atoms with van der Waals surface area (Å²) in [5, 5.41) is 11.1. The Morgan fingerprint density at radius 1 is 1.35 bits per heavy atom. The van der Waals surface area contributed by atoms with E-state index in [9.17, 15) is 14.4 Å². The summed E-state index contributed by atoms with van der Waals surface area (Å²) in [6.07, 6.45) is 1.45. The van der Waals surface area contributed by atoms with Crippen LogP contribution in [-0.2, 0) is 9.59 Å².